The van der Waals surface area contributed by atoms with Gasteiger partial charge in [-0.05, 0) is 41.8 Å². The number of pyridine rings is 1. The zero-order chi connectivity index (χ0) is 23.0. The number of rotatable bonds is 9. The number of methoxy groups -OCH3 is 1. The molecule has 1 aliphatic heterocycles. The Morgan fingerprint density at radius 3 is 2.76 bits per heavy atom. The molecule has 8 heteroatoms. The lowest BCUT2D eigenvalue weighted by molar-refractivity contribution is -0.108. The van der Waals surface area contributed by atoms with Crippen molar-refractivity contribution in [3.05, 3.63) is 78.1 Å². The van der Waals surface area contributed by atoms with E-state index in [9.17, 15) is 4.79 Å². The molecule has 0 saturated carbocycles. The summed E-state index contributed by atoms with van der Waals surface area (Å²) in [6.07, 6.45) is 4.66. The summed E-state index contributed by atoms with van der Waals surface area (Å²) in [5.74, 6) is 1.18. The first-order chi connectivity index (χ1) is 16.2. The Balaban J connectivity index is 1.61. The summed E-state index contributed by atoms with van der Waals surface area (Å²) < 4.78 is 10.9. The fourth-order valence-corrected chi connectivity index (χ4v) is 3.70. The Labute approximate surface area is 193 Å². The fourth-order valence-electron chi connectivity index (χ4n) is 3.70. The van der Waals surface area contributed by atoms with E-state index in [2.05, 4.69) is 45.8 Å². The smallest absolute Gasteiger partial charge is 0.219 e. The van der Waals surface area contributed by atoms with Crippen molar-refractivity contribution in [1.82, 2.24) is 15.7 Å². The third-order valence-corrected chi connectivity index (χ3v) is 5.34. The molecule has 170 valence electrons. The van der Waals surface area contributed by atoms with E-state index in [-0.39, 0.29) is 6.17 Å². The van der Waals surface area contributed by atoms with Gasteiger partial charge in [-0.1, -0.05) is 36.4 Å². The molecule has 4 rings (SSSR count). The van der Waals surface area contributed by atoms with Crippen molar-refractivity contribution in [2.24, 2.45) is 4.99 Å². The highest BCUT2D eigenvalue weighted by atomic mass is 16.5. The first kappa shape index (κ1) is 22.3. The monoisotopic (exact) mass is 445 g/mol. The molecule has 0 radical (unpaired) electrons. The number of amides is 1. The highest BCUT2D eigenvalue weighted by Crippen LogP contribution is 2.31. The lowest BCUT2D eigenvalue weighted by Gasteiger charge is -2.25. The molecule has 0 bridgehead atoms. The number of hydrogen-bond acceptors (Lipinski definition) is 7. The van der Waals surface area contributed by atoms with Gasteiger partial charge in [0.25, 0.3) is 0 Å². The number of nitrogens with one attached hydrogen (secondary N) is 2. The summed E-state index contributed by atoms with van der Waals surface area (Å²) in [6, 6.07) is 18.2. The molecule has 0 saturated heterocycles. The highest BCUT2D eigenvalue weighted by Gasteiger charge is 2.27. The molecule has 3 aromatic rings. The van der Waals surface area contributed by atoms with E-state index in [1.165, 1.54) is 0 Å². The summed E-state index contributed by atoms with van der Waals surface area (Å²) in [5, 5.41) is 4.54. The molecule has 2 N–H and O–H groups in total. The van der Waals surface area contributed by atoms with E-state index >= 15 is 0 Å². The number of nitrogens with zero attached hydrogens (tertiary/aromatic N) is 3. The van der Waals surface area contributed by atoms with Gasteiger partial charge in [-0.2, -0.15) is 0 Å². The second-order valence-corrected chi connectivity index (χ2v) is 7.64. The zero-order valence-corrected chi connectivity index (χ0v) is 18.7. The number of aliphatic imine (C=N–C) groups is 1. The summed E-state index contributed by atoms with van der Waals surface area (Å²) in [7, 11) is 1.65. The van der Waals surface area contributed by atoms with Crippen LogP contribution >= 0.6 is 0 Å². The van der Waals surface area contributed by atoms with Crippen molar-refractivity contribution in [1.29, 1.82) is 0 Å². The number of hydrogen-bond donors (Lipinski definition) is 2. The second-order valence-electron chi connectivity index (χ2n) is 7.64. The van der Waals surface area contributed by atoms with Crippen LogP contribution in [0.2, 0.25) is 0 Å². The van der Waals surface area contributed by atoms with Gasteiger partial charge in [0.15, 0.2) is 0 Å². The van der Waals surface area contributed by atoms with Crippen LogP contribution in [0.3, 0.4) is 0 Å². The second kappa shape index (κ2) is 10.6. The number of aryl methyl sites for hydroxylation is 1. The van der Waals surface area contributed by atoms with Gasteiger partial charge in [0, 0.05) is 25.3 Å². The highest BCUT2D eigenvalue weighted by molar-refractivity contribution is 5.91. The van der Waals surface area contributed by atoms with Crippen molar-refractivity contribution in [2.45, 2.75) is 19.5 Å². The molecular weight excluding hydrogens is 418 g/mol. The van der Waals surface area contributed by atoms with Crippen LogP contribution < -0.4 is 20.5 Å². The largest absolute Gasteiger partial charge is 0.491 e. The number of anilines is 1. The molecule has 1 aliphatic rings. The van der Waals surface area contributed by atoms with E-state index in [1.54, 1.807) is 13.3 Å². The fraction of sp³-hybridized carbons (Fsp3) is 0.240. The molecule has 1 atom stereocenters. The standard InChI is InChI=1S/C25H27N5O3/c1-18-8-9-22(33-11-10-32-2)14-23(18)20-13-21(16-26-15-20)30-24(28-25(29-30)27-17-31)12-19-6-4-3-5-7-19/h3-9,13-17,24H,10-12H2,1-2H3,(H2,27,28,29,31). The summed E-state index contributed by atoms with van der Waals surface area (Å²) in [6.45, 7) is 3.07. The summed E-state index contributed by atoms with van der Waals surface area (Å²) in [5.41, 5.74) is 8.27. The van der Waals surface area contributed by atoms with Gasteiger partial charge in [0.05, 0.1) is 18.5 Å². The molecule has 33 heavy (non-hydrogen) atoms. The number of aromatic nitrogens is 1. The van der Waals surface area contributed by atoms with Gasteiger partial charge in [-0.3, -0.25) is 25.5 Å². The van der Waals surface area contributed by atoms with Gasteiger partial charge in [0.2, 0.25) is 12.4 Å². The molecule has 1 amide bonds. The Morgan fingerprint density at radius 2 is 1.97 bits per heavy atom. The molecule has 8 nitrogen and oxygen atoms in total. The van der Waals surface area contributed by atoms with E-state index in [0.29, 0.717) is 32.0 Å². The Kier molecular flexibility index (Phi) is 7.16. The van der Waals surface area contributed by atoms with Crippen LogP contribution in [0.1, 0.15) is 11.1 Å². The maximum atomic E-state index is 11.0. The third-order valence-electron chi connectivity index (χ3n) is 5.34. The molecule has 2 aromatic carbocycles. The van der Waals surface area contributed by atoms with Gasteiger partial charge >= 0.3 is 0 Å². The first-order valence-corrected chi connectivity index (χ1v) is 10.7. The lowest BCUT2D eigenvalue weighted by atomic mass is 10.0. The molecule has 2 heterocycles. The predicted molar refractivity (Wildman–Crippen MR) is 128 cm³/mol. The minimum Gasteiger partial charge on any atom is -0.491 e. The Hall–Kier alpha value is -3.91. The van der Waals surface area contributed by atoms with E-state index in [1.807, 2.05) is 47.6 Å². The molecule has 0 fully saturated rings. The van der Waals surface area contributed by atoms with Crippen molar-refractivity contribution >= 4 is 18.1 Å². The molecule has 1 unspecified atom stereocenters. The first-order valence-electron chi connectivity index (χ1n) is 10.7. The average molecular weight is 446 g/mol. The van der Waals surface area contributed by atoms with E-state index in [4.69, 9.17) is 9.47 Å². The van der Waals surface area contributed by atoms with Gasteiger partial charge < -0.3 is 9.47 Å². The molecule has 1 aromatic heterocycles. The van der Waals surface area contributed by atoms with Crippen LogP contribution in [0.4, 0.5) is 5.69 Å². The number of carbonyl (C=O) groups excluding carboxylic acids is 1. The van der Waals surface area contributed by atoms with Gasteiger partial charge in [0.1, 0.15) is 18.5 Å². The van der Waals surface area contributed by atoms with E-state index < -0.39 is 0 Å². The minimum atomic E-state index is -0.239. The topological polar surface area (TPSA) is 88.1 Å². The molecule has 0 spiro atoms. The maximum absolute atomic E-state index is 11.0. The summed E-state index contributed by atoms with van der Waals surface area (Å²) >= 11 is 0. The lowest BCUT2D eigenvalue weighted by Crippen LogP contribution is -2.45. The Morgan fingerprint density at radius 1 is 1.12 bits per heavy atom. The predicted octanol–water partition coefficient (Wildman–Crippen LogP) is 3.08. The summed E-state index contributed by atoms with van der Waals surface area (Å²) in [4.78, 5) is 20.1. The molecule has 0 aliphatic carbocycles. The van der Waals surface area contributed by atoms with Crippen LogP contribution in [-0.4, -0.2) is 43.8 Å². The SMILES string of the molecule is COCCOc1ccc(C)c(-c2cncc(N3NC(NC=O)=NC3Cc3ccccc3)c2)c1. The van der Waals surface area contributed by atoms with Crippen molar-refractivity contribution in [3.8, 4) is 16.9 Å². The van der Waals surface area contributed by atoms with Crippen LogP contribution in [-0.2, 0) is 16.0 Å². The van der Waals surface area contributed by atoms with Gasteiger partial charge in [-0.15, -0.1) is 0 Å². The quantitative estimate of drug-likeness (QED) is 0.389. The van der Waals surface area contributed by atoms with Crippen LogP contribution in [0.15, 0.2) is 72.0 Å². The van der Waals surface area contributed by atoms with Crippen LogP contribution in [0.25, 0.3) is 11.1 Å². The number of carbonyl (C=O) groups is 1. The Bertz CT molecular complexity index is 1120. The van der Waals surface area contributed by atoms with Crippen LogP contribution in [0.5, 0.6) is 5.75 Å². The number of hydrazine groups is 1. The normalized spacial score (nSPS) is 15.0. The van der Waals surface area contributed by atoms with Crippen molar-refractivity contribution in [3.63, 3.8) is 0 Å². The van der Waals surface area contributed by atoms with E-state index in [0.717, 1.165) is 33.7 Å². The maximum Gasteiger partial charge on any atom is 0.219 e. The average Bonchev–Trinajstić information content (AvgIpc) is 3.23. The number of guanidine groups is 1. The number of benzene rings is 2. The third kappa shape index (κ3) is 5.48. The van der Waals surface area contributed by atoms with Crippen LogP contribution in [0, 0.1) is 6.92 Å². The van der Waals surface area contributed by atoms with Crippen molar-refractivity contribution < 1.29 is 14.3 Å². The zero-order valence-electron chi connectivity index (χ0n) is 18.7. The van der Waals surface area contributed by atoms with Crippen molar-refractivity contribution in [2.75, 3.05) is 25.3 Å². The number of ether oxygens (including phenoxy) is 2. The molecular formula is C25H27N5O3. The minimum absolute atomic E-state index is 0.239. The van der Waals surface area contributed by atoms with Gasteiger partial charge in [-0.25, -0.2) is 4.99 Å².